The van der Waals surface area contributed by atoms with Gasteiger partial charge in [0, 0.05) is 23.0 Å². The minimum absolute atomic E-state index is 0.120. The number of carbonyl (C=O) groups is 1. The molecule has 1 aromatic heterocycles. The first-order chi connectivity index (χ1) is 10.3. The Hall–Kier alpha value is -2.23. The molecule has 1 N–H and O–H groups in total. The van der Waals surface area contributed by atoms with E-state index in [-0.39, 0.29) is 18.1 Å². The lowest BCUT2D eigenvalue weighted by Gasteiger charge is -2.37. The molecule has 2 unspecified atom stereocenters. The molecule has 4 heteroatoms. The summed E-state index contributed by atoms with van der Waals surface area (Å²) in [5.41, 5.74) is 3.68. The molecule has 21 heavy (non-hydrogen) atoms. The van der Waals surface area contributed by atoms with Crippen LogP contribution in [0.1, 0.15) is 30.6 Å². The number of aromatic amines is 1. The summed E-state index contributed by atoms with van der Waals surface area (Å²) in [6.45, 7) is 2.29. The number of para-hydroxylation sites is 1. The molecular formula is C17H18N2O2. The third-order valence-corrected chi connectivity index (χ3v) is 4.49. The fourth-order valence-corrected chi connectivity index (χ4v) is 3.59. The van der Waals surface area contributed by atoms with Crippen LogP contribution in [-0.2, 0) is 16.0 Å². The Morgan fingerprint density at radius 1 is 1.43 bits per heavy atom. The Morgan fingerprint density at radius 3 is 3.14 bits per heavy atom. The molecule has 1 aromatic carbocycles. The first-order valence-corrected chi connectivity index (χ1v) is 7.49. The van der Waals surface area contributed by atoms with Gasteiger partial charge in [-0.25, -0.2) is 4.79 Å². The number of hydrogen-bond donors (Lipinski definition) is 1. The van der Waals surface area contributed by atoms with Crippen molar-refractivity contribution >= 4 is 16.9 Å². The van der Waals surface area contributed by atoms with Crippen LogP contribution in [0.25, 0.3) is 10.9 Å². The number of fused-ring (bicyclic) bond motifs is 5. The lowest BCUT2D eigenvalue weighted by molar-refractivity contribution is -0.149. The number of rotatable bonds is 2. The van der Waals surface area contributed by atoms with Gasteiger partial charge in [0.15, 0.2) is 0 Å². The van der Waals surface area contributed by atoms with Crippen LogP contribution in [-0.4, -0.2) is 28.5 Å². The fraction of sp³-hybridized carbons (Fsp3) is 0.353. The molecule has 2 atom stereocenters. The number of esters is 1. The van der Waals surface area contributed by atoms with E-state index in [1.807, 2.05) is 19.2 Å². The van der Waals surface area contributed by atoms with E-state index in [9.17, 15) is 4.79 Å². The maximum atomic E-state index is 12.3. The highest BCUT2D eigenvalue weighted by Crippen LogP contribution is 2.41. The second kappa shape index (κ2) is 4.65. The van der Waals surface area contributed by atoms with Crippen LogP contribution in [0.2, 0.25) is 0 Å². The smallest absolute Gasteiger partial charge is 0.329 e. The highest BCUT2D eigenvalue weighted by molar-refractivity contribution is 5.87. The van der Waals surface area contributed by atoms with Gasteiger partial charge in [-0.3, -0.25) is 0 Å². The van der Waals surface area contributed by atoms with Crippen molar-refractivity contribution in [2.24, 2.45) is 0 Å². The highest BCUT2D eigenvalue weighted by atomic mass is 16.5. The molecule has 4 rings (SSSR count). The molecule has 0 radical (unpaired) electrons. The normalized spacial score (nSPS) is 23.2. The molecule has 2 aromatic rings. The van der Waals surface area contributed by atoms with E-state index in [4.69, 9.17) is 4.74 Å². The molecule has 2 aliphatic rings. The van der Waals surface area contributed by atoms with Gasteiger partial charge >= 0.3 is 5.97 Å². The predicted molar refractivity (Wildman–Crippen MR) is 80.8 cm³/mol. The first kappa shape index (κ1) is 12.5. The van der Waals surface area contributed by atoms with Gasteiger partial charge in [0.05, 0.1) is 12.6 Å². The van der Waals surface area contributed by atoms with Gasteiger partial charge < -0.3 is 14.6 Å². The van der Waals surface area contributed by atoms with Gasteiger partial charge in [0.2, 0.25) is 0 Å². The number of carbonyl (C=O) groups excluding carboxylic acids is 1. The highest BCUT2D eigenvalue weighted by Gasteiger charge is 2.40. The minimum Gasteiger partial charge on any atom is -0.464 e. The number of nitrogens with one attached hydrogen (secondary N) is 1. The monoisotopic (exact) mass is 282 g/mol. The molecule has 0 bridgehead atoms. The Balaban J connectivity index is 1.82. The number of aromatic nitrogens is 1. The van der Waals surface area contributed by atoms with E-state index >= 15 is 0 Å². The number of hydrogen-bond acceptors (Lipinski definition) is 3. The summed E-state index contributed by atoms with van der Waals surface area (Å²) in [7, 11) is 0. The summed E-state index contributed by atoms with van der Waals surface area (Å²) < 4.78 is 5.27. The van der Waals surface area contributed by atoms with Crippen LogP contribution in [0.3, 0.4) is 0 Å². The van der Waals surface area contributed by atoms with Crippen LogP contribution in [0.4, 0.5) is 0 Å². The Morgan fingerprint density at radius 2 is 2.29 bits per heavy atom. The van der Waals surface area contributed by atoms with E-state index in [1.165, 1.54) is 16.6 Å². The topological polar surface area (TPSA) is 45.3 Å². The molecule has 0 aliphatic carbocycles. The van der Waals surface area contributed by atoms with Crippen LogP contribution < -0.4 is 0 Å². The molecule has 108 valence electrons. The Bertz CT molecular complexity index is 731. The van der Waals surface area contributed by atoms with Crippen molar-refractivity contribution in [3.05, 3.63) is 47.8 Å². The van der Waals surface area contributed by atoms with E-state index in [1.54, 1.807) is 0 Å². The second-order valence-electron chi connectivity index (χ2n) is 5.62. The van der Waals surface area contributed by atoms with Crippen molar-refractivity contribution in [3.8, 4) is 0 Å². The average molecular weight is 282 g/mol. The molecular weight excluding hydrogens is 264 g/mol. The molecule has 2 aliphatic heterocycles. The van der Waals surface area contributed by atoms with Crippen molar-refractivity contribution in [1.82, 2.24) is 9.88 Å². The summed E-state index contributed by atoms with van der Waals surface area (Å²) in [4.78, 5) is 18.0. The first-order valence-electron chi connectivity index (χ1n) is 7.49. The molecule has 0 saturated heterocycles. The summed E-state index contributed by atoms with van der Waals surface area (Å²) in [5.74, 6) is -0.120. The third kappa shape index (κ3) is 1.78. The van der Waals surface area contributed by atoms with Crippen molar-refractivity contribution in [2.45, 2.75) is 31.8 Å². The van der Waals surface area contributed by atoms with Gasteiger partial charge in [-0.15, -0.1) is 0 Å². The van der Waals surface area contributed by atoms with Crippen molar-refractivity contribution in [1.29, 1.82) is 0 Å². The quantitative estimate of drug-likeness (QED) is 0.861. The minimum atomic E-state index is -0.208. The van der Waals surface area contributed by atoms with Crippen LogP contribution >= 0.6 is 0 Å². The zero-order chi connectivity index (χ0) is 14.4. The lowest BCUT2D eigenvalue weighted by Crippen LogP contribution is -2.44. The van der Waals surface area contributed by atoms with E-state index in [2.05, 4.69) is 34.2 Å². The Labute approximate surface area is 123 Å². The SMILES string of the molecule is CCOC(=O)C1Cc2c([nH]c3ccccc23)C2CC=CN12. The van der Waals surface area contributed by atoms with E-state index < -0.39 is 0 Å². The standard InChI is InChI=1S/C17H18N2O2/c1-2-21-17(20)15-10-12-11-6-3-4-7-13(11)18-16(12)14-8-5-9-19(14)15/h3-7,9,14-15,18H,2,8,10H2,1H3. The van der Waals surface area contributed by atoms with Gasteiger partial charge in [0.25, 0.3) is 0 Å². The third-order valence-electron chi connectivity index (χ3n) is 4.49. The second-order valence-corrected chi connectivity index (χ2v) is 5.62. The van der Waals surface area contributed by atoms with E-state index in [0.29, 0.717) is 13.0 Å². The molecule has 0 amide bonds. The summed E-state index contributed by atoms with van der Waals surface area (Å²) >= 11 is 0. The fourth-order valence-electron chi connectivity index (χ4n) is 3.59. The average Bonchev–Trinajstić information content (AvgIpc) is 3.10. The number of ether oxygens (including phenoxy) is 1. The van der Waals surface area contributed by atoms with Crippen molar-refractivity contribution in [3.63, 3.8) is 0 Å². The maximum Gasteiger partial charge on any atom is 0.329 e. The van der Waals surface area contributed by atoms with Gasteiger partial charge in [0.1, 0.15) is 6.04 Å². The molecule has 0 fully saturated rings. The molecule has 0 spiro atoms. The number of benzene rings is 1. The van der Waals surface area contributed by atoms with Gasteiger partial charge in [-0.1, -0.05) is 24.3 Å². The summed E-state index contributed by atoms with van der Waals surface area (Å²) in [6.07, 6.45) is 5.83. The van der Waals surface area contributed by atoms with Gasteiger partial charge in [-0.2, -0.15) is 0 Å². The zero-order valence-electron chi connectivity index (χ0n) is 12.0. The lowest BCUT2D eigenvalue weighted by atomic mass is 9.92. The van der Waals surface area contributed by atoms with Crippen LogP contribution in [0, 0.1) is 0 Å². The predicted octanol–water partition coefficient (Wildman–Crippen LogP) is 2.92. The molecule has 4 nitrogen and oxygen atoms in total. The van der Waals surface area contributed by atoms with Crippen LogP contribution in [0.5, 0.6) is 0 Å². The summed E-state index contributed by atoms with van der Waals surface area (Å²) in [5, 5.41) is 1.23. The zero-order valence-corrected chi connectivity index (χ0v) is 12.0. The van der Waals surface area contributed by atoms with Crippen molar-refractivity contribution in [2.75, 3.05) is 6.61 Å². The van der Waals surface area contributed by atoms with E-state index in [0.717, 1.165) is 11.9 Å². The number of nitrogens with zero attached hydrogens (tertiary/aromatic N) is 1. The summed E-state index contributed by atoms with van der Waals surface area (Å²) in [6, 6.07) is 8.34. The molecule has 0 saturated carbocycles. The molecule has 3 heterocycles. The van der Waals surface area contributed by atoms with Crippen LogP contribution in [0.15, 0.2) is 36.5 Å². The Kier molecular flexibility index (Phi) is 2.77. The van der Waals surface area contributed by atoms with Gasteiger partial charge in [-0.05, 0) is 31.2 Å². The largest absolute Gasteiger partial charge is 0.464 e. The maximum absolute atomic E-state index is 12.3. The number of H-pyrrole nitrogens is 1. The van der Waals surface area contributed by atoms with Crippen molar-refractivity contribution < 1.29 is 9.53 Å².